The fourth-order valence-corrected chi connectivity index (χ4v) is 2.49. The Kier molecular flexibility index (Phi) is 3.71. The Morgan fingerprint density at radius 3 is 2.79 bits per heavy atom. The van der Waals surface area contributed by atoms with Crippen molar-refractivity contribution in [2.24, 2.45) is 0 Å². The van der Waals surface area contributed by atoms with Gasteiger partial charge in [0.2, 0.25) is 0 Å². The van der Waals surface area contributed by atoms with Crippen molar-refractivity contribution in [1.82, 2.24) is 5.32 Å². The van der Waals surface area contributed by atoms with Gasteiger partial charge in [-0.15, -0.1) is 0 Å². The van der Waals surface area contributed by atoms with E-state index in [-0.39, 0.29) is 6.04 Å². The molecule has 1 heterocycles. The molecule has 1 aliphatic heterocycles. The number of halogens is 2. The lowest BCUT2D eigenvalue weighted by Crippen LogP contribution is -2.44. The van der Waals surface area contributed by atoms with Crippen LogP contribution in [0.4, 0.5) is 8.78 Å². The Labute approximate surface area is 85.2 Å². The fourth-order valence-electron chi connectivity index (χ4n) is 1.31. The van der Waals surface area contributed by atoms with E-state index in [4.69, 9.17) is 5.11 Å². The molecule has 0 radical (unpaired) electrons. The second-order valence-corrected chi connectivity index (χ2v) is 4.94. The average Bonchev–Trinajstić information content (AvgIpc) is 2.48. The number of carbonyl (C=O) groups is 1. The molecule has 0 aromatic heterocycles. The van der Waals surface area contributed by atoms with E-state index in [2.05, 4.69) is 5.32 Å². The smallest absolute Gasteiger partial charge is 0.375 e. The van der Waals surface area contributed by atoms with Gasteiger partial charge in [-0.05, 0) is 6.42 Å². The molecule has 2 unspecified atom stereocenters. The van der Waals surface area contributed by atoms with Gasteiger partial charge in [-0.2, -0.15) is 20.5 Å². The first-order valence-electron chi connectivity index (χ1n) is 4.38. The first-order valence-corrected chi connectivity index (χ1v) is 5.43. The molecule has 0 bridgehead atoms. The molecular weight excluding hydrogens is 212 g/mol. The van der Waals surface area contributed by atoms with Crippen LogP contribution in [0.1, 0.15) is 13.3 Å². The molecule has 0 aromatic carbocycles. The molecule has 0 aromatic rings. The van der Waals surface area contributed by atoms with Gasteiger partial charge in [0, 0.05) is 17.0 Å². The van der Waals surface area contributed by atoms with Gasteiger partial charge in [-0.1, -0.05) is 6.92 Å². The average molecular weight is 225 g/mol. The van der Waals surface area contributed by atoms with E-state index in [9.17, 15) is 13.6 Å². The van der Waals surface area contributed by atoms with Crippen molar-refractivity contribution in [3.8, 4) is 0 Å². The lowest BCUT2D eigenvalue weighted by atomic mass is 10.2. The van der Waals surface area contributed by atoms with Gasteiger partial charge in [0.25, 0.3) is 0 Å². The summed E-state index contributed by atoms with van der Waals surface area (Å²) in [7, 11) is 0. The van der Waals surface area contributed by atoms with Crippen molar-refractivity contribution < 1.29 is 18.7 Å². The molecule has 1 aliphatic rings. The zero-order chi connectivity index (χ0) is 10.8. The highest BCUT2D eigenvalue weighted by atomic mass is 32.2. The van der Waals surface area contributed by atoms with Crippen LogP contribution in [0.2, 0.25) is 0 Å². The van der Waals surface area contributed by atoms with Gasteiger partial charge in [0.15, 0.2) is 0 Å². The van der Waals surface area contributed by atoms with E-state index in [1.54, 1.807) is 11.8 Å². The Morgan fingerprint density at radius 1 is 1.71 bits per heavy atom. The standard InChI is InChI=1S/C8H13F2NO2S/c1-5-2-6(3-14-5)11-4-8(9,10)7(12)13/h5-6,11H,2-4H2,1H3,(H,12,13). The van der Waals surface area contributed by atoms with Crippen LogP contribution in [0.5, 0.6) is 0 Å². The van der Waals surface area contributed by atoms with E-state index in [1.165, 1.54) is 0 Å². The number of hydrogen-bond acceptors (Lipinski definition) is 3. The second-order valence-electron chi connectivity index (χ2n) is 3.47. The maximum Gasteiger partial charge on any atom is 0.375 e. The van der Waals surface area contributed by atoms with Crippen molar-refractivity contribution >= 4 is 17.7 Å². The van der Waals surface area contributed by atoms with E-state index < -0.39 is 18.4 Å². The van der Waals surface area contributed by atoms with Gasteiger partial charge in [-0.25, -0.2) is 4.79 Å². The maximum atomic E-state index is 12.6. The third-order valence-electron chi connectivity index (χ3n) is 2.12. The molecule has 82 valence electrons. The zero-order valence-electron chi connectivity index (χ0n) is 7.80. The number of carboxylic acid groups (broad SMARTS) is 1. The first kappa shape index (κ1) is 11.7. The van der Waals surface area contributed by atoms with Gasteiger partial charge < -0.3 is 10.4 Å². The van der Waals surface area contributed by atoms with Crippen LogP contribution >= 0.6 is 11.8 Å². The minimum Gasteiger partial charge on any atom is -0.477 e. The Hall–Kier alpha value is -0.360. The number of alkyl halides is 2. The Morgan fingerprint density at radius 2 is 2.36 bits per heavy atom. The Bertz CT molecular complexity index is 225. The normalized spacial score (nSPS) is 27.9. The minimum atomic E-state index is -3.66. The van der Waals surface area contributed by atoms with Crippen LogP contribution in [0.3, 0.4) is 0 Å². The summed E-state index contributed by atoms with van der Waals surface area (Å²) in [6.07, 6.45) is 0.820. The molecular formula is C8H13F2NO2S. The summed E-state index contributed by atoms with van der Waals surface area (Å²) in [6, 6.07) is 0.0141. The van der Waals surface area contributed by atoms with Crippen molar-refractivity contribution in [1.29, 1.82) is 0 Å². The molecule has 6 heteroatoms. The lowest BCUT2D eigenvalue weighted by molar-refractivity contribution is -0.164. The van der Waals surface area contributed by atoms with Crippen LogP contribution in [0, 0.1) is 0 Å². The minimum absolute atomic E-state index is 0.0141. The molecule has 0 aliphatic carbocycles. The number of nitrogens with one attached hydrogen (secondary N) is 1. The molecule has 1 rings (SSSR count). The summed E-state index contributed by atoms with van der Waals surface area (Å²) >= 11 is 1.71. The van der Waals surface area contributed by atoms with E-state index in [1.807, 2.05) is 6.92 Å². The third-order valence-corrected chi connectivity index (χ3v) is 3.48. The van der Waals surface area contributed by atoms with Crippen LogP contribution in [0.25, 0.3) is 0 Å². The summed E-state index contributed by atoms with van der Waals surface area (Å²) in [4.78, 5) is 10.1. The van der Waals surface area contributed by atoms with Crippen LogP contribution in [-0.2, 0) is 4.79 Å². The molecule has 1 fully saturated rings. The number of hydrogen-bond donors (Lipinski definition) is 2. The predicted octanol–water partition coefficient (Wildman–Crippen LogP) is 1.19. The SMILES string of the molecule is CC1CC(NCC(F)(F)C(=O)O)CS1. The molecule has 2 N–H and O–H groups in total. The molecule has 1 saturated heterocycles. The van der Waals surface area contributed by atoms with Crippen molar-refractivity contribution in [2.75, 3.05) is 12.3 Å². The largest absolute Gasteiger partial charge is 0.477 e. The van der Waals surface area contributed by atoms with Crippen LogP contribution < -0.4 is 5.32 Å². The highest BCUT2D eigenvalue weighted by molar-refractivity contribution is 8.00. The highest BCUT2D eigenvalue weighted by Crippen LogP contribution is 2.26. The molecule has 2 atom stereocenters. The van der Waals surface area contributed by atoms with Crippen LogP contribution in [0.15, 0.2) is 0 Å². The summed E-state index contributed by atoms with van der Waals surface area (Å²) in [5.41, 5.74) is 0. The van der Waals surface area contributed by atoms with Gasteiger partial charge >= 0.3 is 11.9 Å². The number of carboxylic acids is 1. The van der Waals surface area contributed by atoms with E-state index >= 15 is 0 Å². The molecule has 0 spiro atoms. The second kappa shape index (κ2) is 4.44. The zero-order valence-corrected chi connectivity index (χ0v) is 8.61. The monoisotopic (exact) mass is 225 g/mol. The Balaban J connectivity index is 2.30. The summed E-state index contributed by atoms with van der Waals surface area (Å²) in [6.45, 7) is 1.25. The third kappa shape index (κ3) is 3.09. The first-order chi connectivity index (χ1) is 6.42. The number of rotatable bonds is 4. The molecule has 0 amide bonds. The summed E-state index contributed by atoms with van der Waals surface area (Å²) in [5.74, 6) is -4.95. The van der Waals surface area contributed by atoms with Crippen molar-refractivity contribution in [3.05, 3.63) is 0 Å². The summed E-state index contributed by atoms with van der Waals surface area (Å²) < 4.78 is 25.3. The van der Waals surface area contributed by atoms with Gasteiger partial charge in [0.1, 0.15) is 0 Å². The molecule has 3 nitrogen and oxygen atoms in total. The van der Waals surface area contributed by atoms with E-state index in [0.29, 0.717) is 5.25 Å². The van der Waals surface area contributed by atoms with Gasteiger partial charge in [0.05, 0.1) is 6.54 Å². The molecule has 0 saturated carbocycles. The van der Waals surface area contributed by atoms with Crippen molar-refractivity contribution in [2.45, 2.75) is 30.6 Å². The van der Waals surface area contributed by atoms with Crippen molar-refractivity contribution in [3.63, 3.8) is 0 Å². The van der Waals surface area contributed by atoms with Crippen LogP contribution in [-0.4, -0.2) is 40.6 Å². The number of thioether (sulfide) groups is 1. The predicted molar refractivity (Wildman–Crippen MR) is 50.9 cm³/mol. The topological polar surface area (TPSA) is 49.3 Å². The quantitative estimate of drug-likeness (QED) is 0.754. The fraction of sp³-hybridized carbons (Fsp3) is 0.875. The molecule has 14 heavy (non-hydrogen) atoms. The van der Waals surface area contributed by atoms with Gasteiger partial charge in [-0.3, -0.25) is 0 Å². The highest BCUT2D eigenvalue weighted by Gasteiger charge is 2.39. The lowest BCUT2D eigenvalue weighted by Gasteiger charge is -2.16. The van der Waals surface area contributed by atoms with E-state index in [0.717, 1.165) is 12.2 Å². The summed E-state index contributed by atoms with van der Waals surface area (Å²) in [5, 5.41) is 11.2. The maximum absolute atomic E-state index is 12.6. The number of aliphatic carboxylic acids is 1.